The molecule has 5 aromatic carbocycles. The summed E-state index contributed by atoms with van der Waals surface area (Å²) < 4.78 is 30.5. The van der Waals surface area contributed by atoms with Crippen molar-refractivity contribution < 1.29 is 8.42 Å². The molecule has 0 radical (unpaired) electrons. The molecule has 0 spiro atoms. The van der Waals surface area contributed by atoms with Crippen molar-refractivity contribution in [1.29, 1.82) is 0 Å². The Kier molecular flexibility index (Phi) is 7.93. The molecule has 0 aliphatic carbocycles. The average Bonchev–Trinajstić information content (AvgIpc) is 3.15. The molecule has 10 heteroatoms. The van der Waals surface area contributed by atoms with Gasteiger partial charge in [-0.25, -0.2) is 8.42 Å². The number of nitrogens with zero attached hydrogens (tertiary/aromatic N) is 2. The third-order valence-corrected chi connectivity index (χ3v) is 16.9. The molecule has 238 valence electrons. The van der Waals surface area contributed by atoms with E-state index in [1.807, 2.05) is 84.9 Å². The van der Waals surface area contributed by atoms with Crippen LogP contribution in [0.2, 0.25) is 0 Å². The highest BCUT2D eigenvalue weighted by Gasteiger charge is 2.39. The fourth-order valence-corrected chi connectivity index (χ4v) is 14.9. The minimum absolute atomic E-state index is 0.0235. The van der Waals surface area contributed by atoms with E-state index in [2.05, 4.69) is 9.97 Å². The van der Waals surface area contributed by atoms with E-state index >= 15 is 0 Å². The van der Waals surface area contributed by atoms with Gasteiger partial charge in [-0.3, -0.25) is 9.59 Å². The van der Waals surface area contributed by atoms with Gasteiger partial charge in [0.25, 0.3) is 11.1 Å². The largest absolute Gasteiger partial charge is 0.279 e. The van der Waals surface area contributed by atoms with E-state index in [4.69, 9.17) is 0 Å². The summed E-state index contributed by atoms with van der Waals surface area (Å²) in [7, 11) is -4.08. The van der Waals surface area contributed by atoms with Crippen LogP contribution in [-0.4, -0.2) is 23.7 Å². The number of fused-ring (bicyclic) bond motifs is 2. The summed E-state index contributed by atoms with van der Waals surface area (Å²) in [6.45, 7) is -3.10. The minimum atomic E-state index is -4.08. The molecule has 0 amide bonds. The molecular formula is C39H25N2O4PS3. The molecule has 0 fully saturated rings. The molecule has 0 saturated heterocycles. The van der Waals surface area contributed by atoms with E-state index in [-0.39, 0.29) is 9.80 Å². The summed E-state index contributed by atoms with van der Waals surface area (Å²) >= 11 is 2.69. The van der Waals surface area contributed by atoms with Gasteiger partial charge in [0.05, 0.1) is 20.6 Å². The second-order valence-corrected chi connectivity index (χ2v) is 18.6. The lowest BCUT2D eigenvalue weighted by Gasteiger charge is -2.35. The number of sulfone groups is 1. The first kappa shape index (κ1) is 31.2. The summed E-state index contributed by atoms with van der Waals surface area (Å²) in [6, 6.07) is 42.6. The Morgan fingerprint density at radius 2 is 0.959 bits per heavy atom. The van der Waals surface area contributed by atoms with E-state index in [1.165, 1.54) is 22.7 Å². The van der Waals surface area contributed by atoms with Crippen molar-refractivity contribution in [3.8, 4) is 0 Å². The standard InChI is InChI=1S/C39H25N2O4PS3/c42-36-30-20-10-12-22-34(30)47-38(40-36)32-24-29(49(44,45)28-18-8-3-9-19-28)25-33(39-41-37(43)31-21-11-13-23-35(31)48-39)46(32,26-14-4-1-5-15-26)27-16-6-2-7-17-27/h1-25H. The van der Waals surface area contributed by atoms with Crippen LogP contribution in [0.3, 0.4) is 0 Å². The fraction of sp³-hybridized carbons (Fsp3) is 0. The first-order chi connectivity index (χ1) is 23.9. The molecule has 8 rings (SSSR count). The van der Waals surface area contributed by atoms with Crippen LogP contribution in [0.5, 0.6) is 0 Å². The second kappa shape index (κ2) is 12.4. The number of benzene rings is 5. The molecule has 2 aromatic heterocycles. The number of allylic oxidation sites excluding steroid dienone is 2. The summed E-state index contributed by atoms with van der Waals surface area (Å²) in [5.41, 5.74) is -0.803. The van der Waals surface area contributed by atoms with E-state index in [1.54, 1.807) is 66.7 Å². The van der Waals surface area contributed by atoms with Gasteiger partial charge in [-0.1, -0.05) is 103 Å². The third-order valence-electron chi connectivity index (χ3n) is 8.42. The monoisotopic (exact) mass is 712 g/mol. The van der Waals surface area contributed by atoms with E-state index in [0.717, 1.165) is 20.0 Å². The van der Waals surface area contributed by atoms with Crippen molar-refractivity contribution in [2.24, 2.45) is 0 Å². The highest BCUT2D eigenvalue weighted by molar-refractivity contribution is 7.99. The van der Waals surface area contributed by atoms with Crippen molar-refractivity contribution in [3.63, 3.8) is 0 Å². The SMILES string of the molecule is O=c1nc(C2=CC(S(=O)(=O)c3ccccc3)=CC(c3nc(=O)c4ccccc4s3)=P2(c2ccccc2)c2ccccc2)sc2ccccc12. The van der Waals surface area contributed by atoms with E-state index < -0.39 is 27.8 Å². The van der Waals surface area contributed by atoms with Crippen molar-refractivity contribution in [1.82, 2.24) is 9.97 Å². The van der Waals surface area contributed by atoms with Crippen molar-refractivity contribution >= 4 is 80.8 Å². The van der Waals surface area contributed by atoms with Gasteiger partial charge in [0, 0.05) is 20.0 Å². The quantitative estimate of drug-likeness (QED) is 0.169. The zero-order valence-electron chi connectivity index (χ0n) is 25.6. The Morgan fingerprint density at radius 3 is 1.51 bits per heavy atom. The Morgan fingerprint density at radius 1 is 0.510 bits per heavy atom. The van der Waals surface area contributed by atoms with Crippen LogP contribution < -0.4 is 21.7 Å². The van der Waals surface area contributed by atoms with Gasteiger partial charge in [0.15, 0.2) is 0 Å². The van der Waals surface area contributed by atoms with E-state index in [9.17, 15) is 18.0 Å². The predicted molar refractivity (Wildman–Crippen MR) is 205 cm³/mol. The second-order valence-electron chi connectivity index (χ2n) is 11.3. The maximum absolute atomic E-state index is 14.5. The maximum Gasteiger partial charge on any atom is 0.279 e. The molecule has 1 aliphatic heterocycles. The molecule has 49 heavy (non-hydrogen) atoms. The zero-order valence-corrected chi connectivity index (χ0v) is 29.0. The van der Waals surface area contributed by atoms with Gasteiger partial charge in [0.1, 0.15) is 10.0 Å². The first-order valence-corrected chi connectivity index (χ1v) is 20.2. The average molecular weight is 713 g/mol. The topological polar surface area (TPSA) is 94.1 Å². The van der Waals surface area contributed by atoms with Gasteiger partial charge < -0.3 is 0 Å². The fourth-order valence-electron chi connectivity index (χ4n) is 6.19. The molecule has 6 nitrogen and oxygen atoms in total. The van der Waals surface area contributed by atoms with Crippen LogP contribution in [0.15, 0.2) is 171 Å². The van der Waals surface area contributed by atoms with Crippen LogP contribution in [0.4, 0.5) is 0 Å². The summed E-state index contributed by atoms with van der Waals surface area (Å²) in [5, 5.41) is 4.79. The van der Waals surface area contributed by atoms with Gasteiger partial charge in [0.2, 0.25) is 9.84 Å². The van der Waals surface area contributed by atoms with Crippen LogP contribution >= 0.6 is 29.6 Å². The summed E-state index contributed by atoms with van der Waals surface area (Å²) in [6.07, 6.45) is 3.38. The van der Waals surface area contributed by atoms with E-state index in [0.29, 0.717) is 31.4 Å². The van der Waals surface area contributed by atoms with Gasteiger partial charge in [-0.15, -0.1) is 22.7 Å². The molecule has 0 bridgehead atoms. The van der Waals surface area contributed by atoms with Crippen LogP contribution in [0.25, 0.3) is 25.5 Å². The number of aromatic nitrogens is 2. The van der Waals surface area contributed by atoms with Gasteiger partial charge >= 0.3 is 0 Å². The Hall–Kier alpha value is -5.05. The molecular weight excluding hydrogens is 688 g/mol. The summed E-state index contributed by atoms with van der Waals surface area (Å²) in [5.74, 6) is 0. The number of hydrogen-bond donors (Lipinski definition) is 0. The molecule has 0 atom stereocenters. The predicted octanol–water partition coefficient (Wildman–Crippen LogP) is 7.23. The van der Waals surface area contributed by atoms with Gasteiger partial charge in [-0.05, 0) is 66.0 Å². The Bertz CT molecular complexity index is 2730. The van der Waals surface area contributed by atoms with Crippen molar-refractivity contribution in [2.45, 2.75) is 4.90 Å². The van der Waals surface area contributed by atoms with Crippen molar-refractivity contribution in [2.75, 3.05) is 0 Å². The third kappa shape index (κ3) is 5.27. The summed E-state index contributed by atoms with van der Waals surface area (Å²) in [4.78, 5) is 36.8. The van der Waals surface area contributed by atoms with Crippen molar-refractivity contribution in [3.05, 3.63) is 187 Å². The Labute approximate surface area is 289 Å². The molecule has 0 unspecified atom stereocenters. The minimum Gasteiger partial charge on any atom is -0.267 e. The molecule has 1 aliphatic rings. The molecule has 0 saturated carbocycles. The highest BCUT2D eigenvalue weighted by Crippen LogP contribution is 2.63. The lowest BCUT2D eigenvalue weighted by Crippen LogP contribution is -2.27. The van der Waals surface area contributed by atoms with Crippen LogP contribution in [0.1, 0.15) is 10.0 Å². The molecule has 0 N–H and O–H groups in total. The lowest BCUT2D eigenvalue weighted by atomic mass is 10.3. The number of rotatable bonds is 6. The number of hydrogen-bond acceptors (Lipinski definition) is 8. The normalized spacial score (nSPS) is 14.4. The zero-order chi connectivity index (χ0) is 33.6. The molecule has 3 heterocycles. The molecule has 7 aromatic rings. The maximum atomic E-state index is 14.5. The van der Waals surface area contributed by atoms with Crippen LogP contribution in [-0.2, 0) is 9.84 Å². The Balaban J connectivity index is 1.62. The first-order valence-electron chi connectivity index (χ1n) is 15.3. The highest BCUT2D eigenvalue weighted by atomic mass is 32.2. The van der Waals surface area contributed by atoms with Gasteiger partial charge in [-0.2, -0.15) is 9.97 Å². The van der Waals surface area contributed by atoms with Crippen LogP contribution in [0, 0.1) is 0 Å². The lowest BCUT2D eigenvalue weighted by molar-refractivity contribution is 0.603. The smallest absolute Gasteiger partial charge is 0.267 e.